The number of hydrogen-bond acceptors (Lipinski definition) is 4. The summed E-state index contributed by atoms with van der Waals surface area (Å²) in [4.78, 5) is 5.78. The van der Waals surface area contributed by atoms with E-state index in [4.69, 9.17) is 35.4 Å². The summed E-state index contributed by atoms with van der Waals surface area (Å²) in [5.74, 6) is -0.256. The fourth-order valence-electron chi connectivity index (χ4n) is 3.54. The van der Waals surface area contributed by atoms with Gasteiger partial charge in [-0.3, -0.25) is 9.89 Å². The van der Waals surface area contributed by atoms with Crippen LogP contribution >= 0.6 is 35.4 Å². The predicted octanol–water partition coefficient (Wildman–Crippen LogP) is 5.86. The number of anilines is 1. The molecule has 1 heterocycles. The number of hydrogen-bond donors (Lipinski definition) is 3. The summed E-state index contributed by atoms with van der Waals surface area (Å²) in [5.41, 5.74) is -1.48. The molecular weight excluding hydrogens is 510 g/mol. The van der Waals surface area contributed by atoms with Gasteiger partial charge in [0.05, 0.1) is 27.8 Å². The second-order valence-corrected chi connectivity index (χ2v) is 8.62. The van der Waals surface area contributed by atoms with Gasteiger partial charge in [-0.2, -0.15) is 13.2 Å². The molecule has 1 unspecified atom stereocenters. The highest BCUT2D eigenvalue weighted by molar-refractivity contribution is 7.80. The molecule has 0 aliphatic carbocycles. The average molecular weight is 526 g/mol. The highest BCUT2D eigenvalue weighted by Gasteiger charge is 2.50. The lowest BCUT2D eigenvalue weighted by molar-refractivity contribution is -0.137. The number of alkyl halides is 3. The van der Waals surface area contributed by atoms with Crippen molar-refractivity contribution < 1.29 is 23.4 Å². The Morgan fingerprint density at radius 1 is 1.00 bits per heavy atom. The van der Waals surface area contributed by atoms with Gasteiger partial charge in [0.25, 0.3) is 0 Å². The number of halogens is 5. The molecule has 34 heavy (non-hydrogen) atoms. The Morgan fingerprint density at radius 3 is 2.15 bits per heavy atom. The molecule has 0 bridgehead atoms. The molecule has 0 radical (unpaired) electrons. The standard InChI is InChI=1S/C23H16Cl2F3N3O2S/c24-17-10-16(11-18(25)19(17)32)31-21(34)30-20(22(31,33)14-4-2-1-3-5-14)29-12-13-6-8-15(9-7-13)23(26,27)28/h1-11,32-33H,12H2,(H,29,30,34). The van der Waals surface area contributed by atoms with Crippen molar-refractivity contribution in [2.24, 2.45) is 4.99 Å². The number of rotatable bonds is 4. The Hall–Kier alpha value is -2.85. The van der Waals surface area contributed by atoms with E-state index < -0.39 is 17.5 Å². The van der Waals surface area contributed by atoms with Crippen molar-refractivity contribution in [2.75, 3.05) is 4.90 Å². The summed E-state index contributed by atoms with van der Waals surface area (Å²) in [7, 11) is 0. The van der Waals surface area contributed by atoms with Crippen molar-refractivity contribution in [1.29, 1.82) is 0 Å². The number of aliphatic imine (C=N–C) groups is 1. The monoisotopic (exact) mass is 525 g/mol. The van der Waals surface area contributed by atoms with E-state index in [1.807, 2.05) is 0 Å². The predicted molar refractivity (Wildman–Crippen MR) is 129 cm³/mol. The summed E-state index contributed by atoms with van der Waals surface area (Å²) < 4.78 is 38.5. The van der Waals surface area contributed by atoms with Crippen LogP contribution in [0.2, 0.25) is 10.0 Å². The van der Waals surface area contributed by atoms with E-state index in [1.165, 1.54) is 29.2 Å². The molecule has 1 aliphatic heterocycles. The normalized spacial score (nSPS) is 19.5. The van der Waals surface area contributed by atoms with Gasteiger partial charge in [-0.25, -0.2) is 0 Å². The Bertz CT molecular complexity index is 1250. The van der Waals surface area contributed by atoms with E-state index in [-0.39, 0.29) is 39.0 Å². The van der Waals surface area contributed by atoms with Crippen molar-refractivity contribution in [3.63, 3.8) is 0 Å². The Labute approximate surface area is 208 Å². The van der Waals surface area contributed by atoms with E-state index >= 15 is 0 Å². The number of amidine groups is 1. The van der Waals surface area contributed by atoms with Crippen molar-refractivity contribution in [2.45, 2.75) is 18.4 Å². The molecule has 0 saturated carbocycles. The molecule has 176 valence electrons. The van der Waals surface area contributed by atoms with Crippen LogP contribution in [0.25, 0.3) is 0 Å². The highest BCUT2D eigenvalue weighted by atomic mass is 35.5. The maximum atomic E-state index is 12.8. The number of benzene rings is 3. The molecule has 1 atom stereocenters. The third-order valence-corrected chi connectivity index (χ3v) is 6.08. The van der Waals surface area contributed by atoms with E-state index in [2.05, 4.69) is 10.3 Å². The smallest absolute Gasteiger partial charge is 0.416 e. The quantitative estimate of drug-likeness (QED) is 0.372. The van der Waals surface area contributed by atoms with Gasteiger partial charge < -0.3 is 15.5 Å². The minimum absolute atomic E-state index is 0.0246. The van der Waals surface area contributed by atoms with E-state index in [1.54, 1.807) is 30.3 Å². The maximum Gasteiger partial charge on any atom is 0.416 e. The third kappa shape index (κ3) is 4.44. The molecule has 3 aromatic rings. The molecule has 0 spiro atoms. The van der Waals surface area contributed by atoms with Crippen LogP contribution in [0.15, 0.2) is 71.7 Å². The van der Waals surface area contributed by atoms with Crippen LogP contribution in [0.5, 0.6) is 5.75 Å². The highest BCUT2D eigenvalue weighted by Crippen LogP contribution is 2.42. The first-order chi connectivity index (χ1) is 16.0. The summed E-state index contributed by atoms with van der Waals surface area (Å²) in [6.07, 6.45) is -4.44. The zero-order valence-corrected chi connectivity index (χ0v) is 19.5. The summed E-state index contributed by atoms with van der Waals surface area (Å²) in [5, 5.41) is 24.7. The Kier molecular flexibility index (Phi) is 6.48. The van der Waals surface area contributed by atoms with Gasteiger partial charge in [-0.1, -0.05) is 65.7 Å². The molecule has 1 fully saturated rings. The van der Waals surface area contributed by atoms with Gasteiger partial charge in [-0.05, 0) is 42.0 Å². The summed E-state index contributed by atoms with van der Waals surface area (Å²) in [6, 6.07) is 15.9. The van der Waals surface area contributed by atoms with Crippen LogP contribution in [0.1, 0.15) is 16.7 Å². The number of phenolic OH excluding ortho intramolecular Hbond substituents is 1. The number of aliphatic hydroxyl groups is 1. The first kappa shape index (κ1) is 24.3. The number of phenols is 1. The number of nitrogens with one attached hydrogen (secondary N) is 1. The number of nitrogens with zero attached hydrogens (tertiary/aromatic N) is 2. The van der Waals surface area contributed by atoms with Crippen LogP contribution < -0.4 is 10.2 Å². The van der Waals surface area contributed by atoms with Gasteiger partial charge in [-0.15, -0.1) is 0 Å². The SMILES string of the molecule is Oc1c(Cl)cc(N2C(=S)NC(=NCc3ccc(C(F)(F)F)cc3)C2(O)c2ccccc2)cc1Cl. The Morgan fingerprint density at radius 2 is 1.59 bits per heavy atom. The minimum Gasteiger partial charge on any atom is -0.505 e. The van der Waals surface area contributed by atoms with Crippen molar-refractivity contribution in [1.82, 2.24) is 5.32 Å². The van der Waals surface area contributed by atoms with Gasteiger partial charge in [0.15, 0.2) is 16.7 Å². The fourth-order valence-corrected chi connectivity index (χ4v) is 4.35. The van der Waals surface area contributed by atoms with Crippen LogP contribution in [0.3, 0.4) is 0 Å². The molecule has 5 nitrogen and oxygen atoms in total. The van der Waals surface area contributed by atoms with Gasteiger partial charge >= 0.3 is 6.18 Å². The second-order valence-electron chi connectivity index (χ2n) is 7.42. The molecule has 1 saturated heterocycles. The van der Waals surface area contributed by atoms with Gasteiger partial charge in [0.2, 0.25) is 5.72 Å². The van der Waals surface area contributed by atoms with Crippen molar-refractivity contribution >= 4 is 52.1 Å². The second kappa shape index (κ2) is 9.07. The fraction of sp³-hybridized carbons (Fsp3) is 0.130. The topological polar surface area (TPSA) is 68.1 Å². The van der Waals surface area contributed by atoms with E-state index in [9.17, 15) is 23.4 Å². The molecule has 4 rings (SSSR count). The third-order valence-electron chi connectivity index (χ3n) is 5.22. The van der Waals surface area contributed by atoms with Crippen molar-refractivity contribution in [3.05, 3.63) is 93.5 Å². The molecule has 3 N–H and O–H groups in total. The lowest BCUT2D eigenvalue weighted by atomic mass is 10.00. The lowest BCUT2D eigenvalue weighted by Gasteiger charge is -2.33. The lowest BCUT2D eigenvalue weighted by Crippen LogP contribution is -2.47. The largest absolute Gasteiger partial charge is 0.505 e. The average Bonchev–Trinajstić information content (AvgIpc) is 3.06. The van der Waals surface area contributed by atoms with Crippen LogP contribution in [-0.4, -0.2) is 21.2 Å². The van der Waals surface area contributed by atoms with Crippen LogP contribution in [0, 0.1) is 0 Å². The van der Waals surface area contributed by atoms with Crippen molar-refractivity contribution in [3.8, 4) is 5.75 Å². The first-order valence-corrected chi connectivity index (χ1v) is 11.0. The number of aromatic hydroxyl groups is 1. The molecule has 0 amide bonds. The minimum atomic E-state index is -4.44. The first-order valence-electron chi connectivity index (χ1n) is 9.80. The zero-order valence-electron chi connectivity index (χ0n) is 17.1. The molecule has 3 aromatic carbocycles. The van der Waals surface area contributed by atoms with Crippen LogP contribution in [-0.2, 0) is 18.4 Å². The molecule has 1 aliphatic rings. The van der Waals surface area contributed by atoms with E-state index in [0.29, 0.717) is 11.1 Å². The van der Waals surface area contributed by atoms with E-state index in [0.717, 1.165) is 12.1 Å². The molecular formula is C23H16Cl2F3N3O2S. The maximum absolute atomic E-state index is 12.8. The molecule has 0 aromatic heterocycles. The van der Waals surface area contributed by atoms with Crippen LogP contribution in [0.4, 0.5) is 18.9 Å². The Balaban J connectivity index is 1.76. The summed E-state index contributed by atoms with van der Waals surface area (Å²) in [6.45, 7) is -0.0246. The van der Waals surface area contributed by atoms with Gasteiger partial charge in [0, 0.05) is 5.56 Å². The summed E-state index contributed by atoms with van der Waals surface area (Å²) >= 11 is 17.6. The molecule has 11 heteroatoms. The van der Waals surface area contributed by atoms with Gasteiger partial charge in [0.1, 0.15) is 0 Å². The zero-order chi connectivity index (χ0) is 24.7. The number of thiocarbonyl (C=S) groups is 1.